The number of rotatable bonds is 8. The molecule has 8 heteroatoms. The molecule has 1 aromatic rings. The van der Waals surface area contributed by atoms with Crippen molar-refractivity contribution < 1.29 is 23.8 Å². The second-order valence-corrected chi connectivity index (χ2v) is 9.07. The van der Waals surface area contributed by atoms with E-state index in [2.05, 4.69) is 25.4 Å². The molecule has 1 saturated heterocycles. The highest BCUT2D eigenvalue weighted by molar-refractivity contribution is 8.15. The van der Waals surface area contributed by atoms with Crippen molar-refractivity contribution in [2.24, 2.45) is 10.9 Å². The largest absolute Gasteiger partial charge is 0.493 e. The maximum atomic E-state index is 13.0. The molecule has 166 valence electrons. The summed E-state index contributed by atoms with van der Waals surface area (Å²) in [6, 6.07) is 4.79. The number of aliphatic imine (C=N–C) groups is 1. The number of hydrogen-bond donors (Lipinski definition) is 0. The fraction of sp³-hybridized carbons (Fsp3) is 0.435. The Hall–Kier alpha value is -2.74. The van der Waals surface area contributed by atoms with Crippen LogP contribution in [0, 0.1) is 5.92 Å². The molecule has 2 aliphatic heterocycles. The standard InChI is InChI=1S/C23H28N2O5S/c1-7-10-29-22(27)19-14(4)24-23-25(21(26)15(5)31-23)20(19)16-8-9-17(18(11-16)28-6)30-12-13(2)3/h7-9,11,13,15,20H,1,10,12H2,2-6H3. The van der Waals surface area contributed by atoms with Crippen LogP contribution in [-0.4, -0.2) is 47.5 Å². The van der Waals surface area contributed by atoms with Gasteiger partial charge in [0.15, 0.2) is 16.7 Å². The second kappa shape index (κ2) is 9.60. The van der Waals surface area contributed by atoms with E-state index in [-0.39, 0.29) is 17.8 Å². The lowest BCUT2D eigenvalue weighted by Crippen LogP contribution is -2.40. The minimum absolute atomic E-state index is 0.0727. The predicted octanol–water partition coefficient (Wildman–Crippen LogP) is 4.11. The Bertz CT molecular complexity index is 953. The number of allylic oxidation sites excluding steroid dienone is 1. The van der Waals surface area contributed by atoms with E-state index in [0.29, 0.717) is 46.0 Å². The van der Waals surface area contributed by atoms with Crippen molar-refractivity contribution in [2.45, 2.75) is 39.0 Å². The summed E-state index contributed by atoms with van der Waals surface area (Å²) in [5.74, 6) is 0.873. The number of methoxy groups -OCH3 is 1. The van der Waals surface area contributed by atoms with E-state index in [4.69, 9.17) is 14.2 Å². The summed E-state index contributed by atoms with van der Waals surface area (Å²) in [4.78, 5) is 32.0. The van der Waals surface area contributed by atoms with Crippen LogP contribution in [0.15, 0.2) is 47.1 Å². The van der Waals surface area contributed by atoms with Crippen LogP contribution >= 0.6 is 11.8 Å². The molecule has 0 saturated carbocycles. The first-order valence-electron chi connectivity index (χ1n) is 10.2. The van der Waals surface area contributed by atoms with Gasteiger partial charge in [-0.1, -0.05) is 44.3 Å². The maximum absolute atomic E-state index is 13.0. The van der Waals surface area contributed by atoms with Crippen molar-refractivity contribution in [3.63, 3.8) is 0 Å². The van der Waals surface area contributed by atoms with E-state index in [1.807, 2.05) is 13.0 Å². The molecule has 1 amide bonds. The zero-order chi connectivity index (χ0) is 22.7. The molecule has 7 nitrogen and oxygen atoms in total. The summed E-state index contributed by atoms with van der Waals surface area (Å²) in [5.41, 5.74) is 1.57. The minimum atomic E-state index is -0.664. The van der Waals surface area contributed by atoms with E-state index in [0.717, 1.165) is 0 Å². The van der Waals surface area contributed by atoms with Crippen molar-refractivity contribution in [1.29, 1.82) is 0 Å². The van der Waals surface area contributed by atoms with Gasteiger partial charge in [0.2, 0.25) is 5.91 Å². The third-order valence-corrected chi connectivity index (χ3v) is 5.94. The Morgan fingerprint density at radius 1 is 1.35 bits per heavy atom. The van der Waals surface area contributed by atoms with Crippen LogP contribution in [0.5, 0.6) is 11.5 Å². The van der Waals surface area contributed by atoms with Crippen LogP contribution < -0.4 is 9.47 Å². The van der Waals surface area contributed by atoms with Gasteiger partial charge in [-0.2, -0.15) is 0 Å². The Kier molecular flexibility index (Phi) is 7.10. The summed E-state index contributed by atoms with van der Waals surface area (Å²) in [6.45, 7) is 11.9. The zero-order valence-corrected chi connectivity index (χ0v) is 19.3. The van der Waals surface area contributed by atoms with Crippen molar-refractivity contribution in [1.82, 2.24) is 4.90 Å². The van der Waals surface area contributed by atoms with Crippen LogP contribution in [0.4, 0.5) is 0 Å². The molecule has 0 N–H and O–H groups in total. The highest BCUT2D eigenvalue weighted by Gasteiger charge is 2.46. The first-order chi connectivity index (χ1) is 14.8. The van der Waals surface area contributed by atoms with Crippen molar-refractivity contribution in [3.05, 3.63) is 47.7 Å². The lowest BCUT2D eigenvalue weighted by atomic mass is 9.94. The number of thioether (sulfide) groups is 1. The number of hydrogen-bond acceptors (Lipinski definition) is 7. The first-order valence-corrected chi connectivity index (χ1v) is 11.0. The van der Waals surface area contributed by atoms with Gasteiger partial charge in [0.05, 0.1) is 36.3 Å². The molecule has 0 radical (unpaired) electrons. The Balaban J connectivity index is 2.07. The number of ether oxygens (including phenoxy) is 3. The Morgan fingerprint density at radius 2 is 2.10 bits per heavy atom. The summed E-state index contributed by atoms with van der Waals surface area (Å²) >= 11 is 1.38. The molecule has 0 aromatic heterocycles. The van der Waals surface area contributed by atoms with Crippen LogP contribution in [0.3, 0.4) is 0 Å². The highest BCUT2D eigenvalue weighted by Crippen LogP contribution is 2.44. The Morgan fingerprint density at radius 3 is 2.74 bits per heavy atom. The molecule has 0 spiro atoms. The van der Waals surface area contributed by atoms with Crippen LogP contribution in [0.1, 0.15) is 39.3 Å². The van der Waals surface area contributed by atoms with Gasteiger partial charge in [0.1, 0.15) is 6.61 Å². The first kappa shape index (κ1) is 22.9. The molecule has 1 aromatic carbocycles. The molecular weight excluding hydrogens is 416 g/mol. The van der Waals surface area contributed by atoms with Crippen molar-refractivity contribution in [2.75, 3.05) is 20.3 Å². The summed E-state index contributed by atoms with van der Waals surface area (Å²) < 4.78 is 16.7. The molecule has 0 bridgehead atoms. The summed E-state index contributed by atoms with van der Waals surface area (Å²) in [7, 11) is 1.56. The number of carbonyl (C=O) groups is 2. The van der Waals surface area contributed by atoms with Crippen molar-refractivity contribution in [3.8, 4) is 11.5 Å². The normalized spacial score (nSPS) is 20.5. The van der Waals surface area contributed by atoms with Gasteiger partial charge in [-0.25, -0.2) is 9.79 Å². The number of amidine groups is 1. The third kappa shape index (κ3) is 4.63. The maximum Gasteiger partial charge on any atom is 0.338 e. The molecule has 2 unspecified atom stereocenters. The van der Waals surface area contributed by atoms with Gasteiger partial charge < -0.3 is 14.2 Å². The van der Waals surface area contributed by atoms with E-state index in [1.165, 1.54) is 17.8 Å². The van der Waals surface area contributed by atoms with Gasteiger partial charge in [0.25, 0.3) is 0 Å². The second-order valence-electron chi connectivity index (χ2n) is 7.77. The number of benzene rings is 1. The van der Waals surface area contributed by atoms with Crippen molar-refractivity contribution >= 4 is 28.8 Å². The zero-order valence-electron chi connectivity index (χ0n) is 18.5. The summed E-state index contributed by atoms with van der Waals surface area (Å²) in [5, 5.41) is 0.299. The molecule has 1 fully saturated rings. The number of esters is 1. The monoisotopic (exact) mass is 444 g/mol. The van der Waals surface area contributed by atoms with Gasteiger partial charge >= 0.3 is 5.97 Å². The quantitative estimate of drug-likeness (QED) is 0.444. The minimum Gasteiger partial charge on any atom is -0.493 e. The average Bonchev–Trinajstić information content (AvgIpc) is 3.02. The van der Waals surface area contributed by atoms with E-state index >= 15 is 0 Å². The molecule has 31 heavy (non-hydrogen) atoms. The van der Waals surface area contributed by atoms with Gasteiger partial charge in [0, 0.05) is 0 Å². The van der Waals surface area contributed by atoms with E-state index in [1.54, 1.807) is 31.1 Å². The summed E-state index contributed by atoms with van der Waals surface area (Å²) in [6.07, 6.45) is 1.50. The fourth-order valence-corrected chi connectivity index (χ4v) is 4.45. The third-order valence-electron chi connectivity index (χ3n) is 4.89. The SMILES string of the molecule is C=CCOC(=O)C1=C(C)N=C2SC(C)C(=O)N2C1c1ccc(OCC(C)C)c(OC)c1. The highest BCUT2D eigenvalue weighted by atomic mass is 32.2. The number of amides is 1. The number of carbonyl (C=O) groups excluding carboxylic acids is 2. The smallest absolute Gasteiger partial charge is 0.338 e. The van der Waals surface area contributed by atoms with Gasteiger partial charge in [-0.05, 0) is 37.5 Å². The molecular formula is C23H28N2O5S. The van der Waals surface area contributed by atoms with Crippen LogP contribution in [0.25, 0.3) is 0 Å². The molecule has 3 rings (SSSR count). The molecule has 2 heterocycles. The lowest BCUT2D eigenvalue weighted by molar-refractivity contribution is -0.139. The molecule has 2 atom stereocenters. The predicted molar refractivity (Wildman–Crippen MR) is 121 cm³/mol. The van der Waals surface area contributed by atoms with Crippen LogP contribution in [-0.2, 0) is 14.3 Å². The van der Waals surface area contributed by atoms with Gasteiger partial charge in [-0.15, -0.1) is 0 Å². The lowest BCUT2D eigenvalue weighted by Gasteiger charge is -2.33. The number of fused-ring (bicyclic) bond motifs is 1. The average molecular weight is 445 g/mol. The fourth-order valence-electron chi connectivity index (χ4n) is 3.42. The van der Waals surface area contributed by atoms with E-state index in [9.17, 15) is 9.59 Å². The topological polar surface area (TPSA) is 77.4 Å². The molecule has 0 aliphatic carbocycles. The Labute approximate surface area is 187 Å². The van der Waals surface area contributed by atoms with Gasteiger partial charge in [-0.3, -0.25) is 9.69 Å². The number of nitrogens with zero attached hydrogens (tertiary/aromatic N) is 2. The molecule has 2 aliphatic rings. The van der Waals surface area contributed by atoms with E-state index < -0.39 is 12.0 Å². The van der Waals surface area contributed by atoms with Crippen LogP contribution in [0.2, 0.25) is 0 Å².